The summed E-state index contributed by atoms with van der Waals surface area (Å²) in [4.78, 5) is 15.4. The fourth-order valence-electron chi connectivity index (χ4n) is 8.52. The molecule has 0 unspecified atom stereocenters. The van der Waals surface area contributed by atoms with Gasteiger partial charge < -0.3 is 8.83 Å². The lowest BCUT2D eigenvalue weighted by Crippen LogP contribution is -2.06. The molecule has 0 amide bonds. The predicted molar refractivity (Wildman–Crippen MR) is 230 cm³/mol. The zero-order chi connectivity index (χ0) is 37.5. The highest BCUT2D eigenvalue weighted by Gasteiger charge is 2.20. The second-order valence-corrected chi connectivity index (χ2v) is 14.4. The van der Waals surface area contributed by atoms with Gasteiger partial charge in [0, 0.05) is 43.4 Å². The summed E-state index contributed by atoms with van der Waals surface area (Å²) >= 11 is 0. The lowest BCUT2D eigenvalue weighted by Gasteiger charge is -2.12. The van der Waals surface area contributed by atoms with Gasteiger partial charge in [-0.05, 0) is 70.8 Å². The van der Waals surface area contributed by atoms with E-state index in [2.05, 4.69) is 132 Å². The molecular formula is C51H30N4O2. The van der Waals surface area contributed by atoms with E-state index in [1.165, 1.54) is 0 Å². The lowest BCUT2D eigenvalue weighted by atomic mass is 9.96. The molecule has 0 bridgehead atoms. The van der Waals surface area contributed by atoms with E-state index in [0.717, 1.165) is 99.1 Å². The van der Waals surface area contributed by atoms with E-state index in [1.54, 1.807) is 0 Å². The summed E-state index contributed by atoms with van der Waals surface area (Å²) in [5.74, 6) is 1.78. The van der Waals surface area contributed by atoms with Gasteiger partial charge in [0.1, 0.15) is 22.3 Å². The van der Waals surface area contributed by atoms with Crippen LogP contribution in [0.15, 0.2) is 191 Å². The minimum absolute atomic E-state index is 0.569. The smallest absolute Gasteiger partial charge is 0.238 e. The maximum absolute atomic E-state index is 6.61. The highest BCUT2D eigenvalue weighted by molar-refractivity contribution is 6.16. The van der Waals surface area contributed by atoms with Gasteiger partial charge in [0.25, 0.3) is 0 Å². The van der Waals surface area contributed by atoms with E-state index < -0.39 is 0 Å². The number of benzene rings is 8. The fraction of sp³-hybridized carbons (Fsp3) is 0. The van der Waals surface area contributed by atoms with Crippen LogP contribution in [0.25, 0.3) is 117 Å². The Morgan fingerprint density at radius 3 is 1.56 bits per heavy atom. The molecule has 57 heavy (non-hydrogen) atoms. The zero-order valence-corrected chi connectivity index (χ0v) is 30.4. The number of hydrogen-bond donors (Lipinski definition) is 0. The van der Waals surface area contributed by atoms with Gasteiger partial charge in [-0.15, -0.1) is 0 Å². The van der Waals surface area contributed by atoms with Crippen LogP contribution >= 0.6 is 0 Å². The molecule has 8 aromatic carbocycles. The van der Waals surface area contributed by atoms with Crippen LogP contribution in [0, 0.1) is 0 Å². The molecule has 0 saturated heterocycles. The van der Waals surface area contributed by atoms with Crippen LogP contribution in [0.5, 0.6) is 0 Å². The van der Waals surface area contributed by atoms with Crippen LogP contribution in [-0.4, -0.2) is 19.5 Å². The van der Waals surface area contributed by atoms with Gasteiger partial charge in [-0.2, -0.15) is 9.97 Å². The van der Waals surface area contributed by atoms with E-state index in [1.807, 2.05) is 54.6 Å². The fourth-order valence-corrected chi connectivity index (χ4v) is 8.52. The van der Waals surface area contributed by atoms with Crippen molar-refractivity contribution in [1.29, 1.82) is 0 Å². The topological polar surface area (TPSA) is 69.9 Å². The van der Waals surface area contributed by atoms with Gasteiger partial charge in [-0.1, -0.05) is 133 Å². The molecule has 12 rings (SSSR count). The van der Waals surface area contributed by atoms with Gasteiger partial charge >= 0.3 is 0 Å². The molecule has 0 aliphatic carbocycles. The van der Waals surface area contributed by atoms with Crippen molar-refractivity contribution in [3.8, 4) is 51.0 Å². The maximum Gasteiger partial charge on any atom is 0.238 e. The Hall–Kier alpha value is -7.83. The number of hydrogen-bond acceptors (Lipinski definition) is 5. The Balaban J connectivity index is 1.01. The Bertz CT molecular complexity index is 3490. The summed E-state index contributed by atoms with van der Waals surface area (Å²) < 4.78 is 15.0. The van der Waals surface area contributed by atoms with Crippen molar-refractivity contribution >= 4 is 65.7 Å². The second-order valence-electron chi connectivity index (χ2n) is 14.4. The third kappa shape index (κ3) is 4.94. The van der Waals surface area contributed by atoms with Crippen molar-refractivity contribution in [3.05, 3.63) is 182 Å². The Morgan fingerprint density at radius 2 is 0.842 bits per heavy atom. The zero-order valence-electron chi connectivity index (χ0n) is 30.4. The van der Waals surface area contributed by atoms with E-state index in [9.17, 15) is 0 Å². The second kappa shape index (κ2) is 12.3. The number of para-hydroxylation sites is 3. The van der Waals surface area contributed by atoms with Gasteiger partial charge in [0.15, 0.2) is 11.6 Å². The third-order valence-corrected chi connectivity index (χ3v) is 11.1. The van der Waals surface area contributed by atoms with E-state index in [4.69, 9.17) is 23.8 Å². The Labute approximate surface area is 325 Å². The monoisotopic (exact) mass is 730 g/mol. The first-order valence-electron chi connectivity index (χ1n) is 19.0. The van der Waals surface area contributed by atoms with Gasteiger partial charge in [0.05, 0.1) is 11.0 Å². The molecule has 0 atom stereocenters. The molecule has 0 saturated carbocycles. The minimum atomic E-state index is 0.569. The first-order valence-corrected chi connectivity index (χ1v) is 19.0. The molecular weight excluding hydrogens is 701 g/mol. The standard InChI is InChI=1S/C51H30N4O2/c1-2-13-31(14-3-1)49-52-50(54-51(53-49)55-41-22-7-4-17-37(41)38-18-5-8-23-42(38)55)34-16-10-15-32(29-34)35-20-11-26-45-48(35)40-28-27-33(30-46(40)57-45)36-21-12-25-44-47(36)39-19-6-9-24-43(39)56-44/h1-30H. The van der Waals surface area contributed by atoms with Gasteiger partial charge in [-0.3, -0.25) is 4.57 Å². The molecule has 4 heterocycles. The summed E-state index contributed by atoms with van der Waals surface area (Å²) in [7, 11) is 0. The molecule has 12 aromatic rings. The van der Waals surface area contributed by atoms with Crippen LogP contribution in [0.2, 0.25) is 0 Å². The number of nitrogens with zero attached hydrogens (tertiary/aromatic N) is 4. The molecule has 266 valence electrons. The summed E-state index contributed by atoms with van der Waals surface area (Å²) in [5, 5.41) is 6.63. The van der Waals surface area contributed by atoms with Crippen LogP contribution in [0.3, 0.4) is 0 Å². The van der Waals surface area contributed by atoms with Crippen molar-refractivity contribution in [2.45, 2.75) is 0 Å². The van der Waals surface area contributed by atoms with Crippen molar-refractivity contribution in [1.82, 2.24) is 19.5 Å². The van der Waals surface area contributed by atoms with Gasteiger partial charge in [0.2, 0.25) is 5.95 Å². The molecule has 0 N–H and O–H groups in total. The summed E-state index contributed by atoms with van der Waals surface area (Å²) in [5.41, 5.74) is 11.6. The summed E-state index contributed by atoms with van der Waals surface area (Å²) in [6.45, 7) is 0. The molecule has 0 spiro atoms. The molecule has 4 aromatic heterocycles. The maximum atomic E-state index is 6.61. The highest BCUT2D eigenvalue weighted by Crippen LogP contribution is 2.42. The van der Waals surface area contributed by atoms with E-state index >= 15 is 0 Å². The number of rotatable bonds is 5. The SMILES string of the molecule is c1ccc(-c2nc(-c3cccc(-c4cccc5oc6cc(-c7cccc8oc9ccccc9c78)ccc6c45)c3)nc(-n3c4ccccc4c4ccccc43)n2)cc1. The van der Waals surface area contributed by atoms with Crippen molar-refractivity contribution in [2.24, 2.45) is 0 Å². The number of aromatic nitrogens is 4. The van der Waals surface area contributed by atoms with Crippen LogP contribution in [-0.2, 0) is 0 Å². The highest BCUT2D eigenvalue weighted by atomic mass is 16.3. The van der Waals surface area contributed by atoms with Crippen LogP contribution in [0.1, 0.15) is 0 Å². The molecule has 6 heteroatoms. The summed E-state index contributed by atoms with van der Waals surface area (Å²) in [6.07, 6.45) is 0. The van der Waals surface area contributed by atoms with Crippen LogP contribution < -0.4 is 0 Å². The first kappa shape index (κ1) is 31.5. The Morgan fingerprint density at radius 1 is 0.333 bits per heavy atom. The normalized spacial score (nSPS) is 11.9. The minimum Gasteiger partial charge on any atom is -0.456 e. The quantitative estimate of drug-likeness (QED) is 0.176. The van der Waals surface area contributed by atoms with Gasteiger partial charge in [-0.25, -0.2) is 4.98 Å². The van der Waals surface area contributed by atoms with E-state index in [0.29, 0.717) is 17.6 Å². The Kier molecular flexibility index (Phi) is 6.83. The molecule has 0 fully saturated rings. The van der Waals surface area contributed by atoms with Crippen molar-refractivity contribution in [3.63, 3.8) is 0 Å². The number of fused-ring (bicyclic) bond motifs is 9. The summed E-state index contributed by atoms with van der Waals surface area (Å²) in [6, 6.07) is 62.6. The molecule has 0 radical (unpaired) electrons. The van der Waals surface area contributed by atoms with Crippen molar-refractivity contribution < 1.29 is 8.83 Å². The van der Waals surface area contributed by atoms with E-state index in [-0.39, 0.29) is 0 Å². The average molecular weight is 731 g/mol. The number of furan rings is 2. The predicted octanol–water partition coefficient (Wildman–Crippen LogP) is 13.4. The first-order chi connectivity index (χ1) is 28.2. The molecule has 0 aliphatic heterocycles. The average Bonchev–Trinajstić information content (AvgIpc) is 3.96. The molecule has 6 nitrogen and oxygen atoms in total. The van der Waals surface area contributed by atoms with Crippen molar-refractivity contribution in [2.75, 3.05) is 0 Å². The third-order valence-electron chi connectivity index (χ3n) is 11.1. The largest absolute Gasteiger partial charge is 0.456 e. The lowest BCUT2D eigenvalue weighted by molar-refractivity contribution is 0.668. The van der Waals surface area contributed by atoms with Crippen LogP contribution in [0.4, 0.5) is 0 Å². The molecule has 0 aliphatic rings.